The molecular formula is C8H12NO2. The lowest BCUT2D eigenvalue weighted by Crippen LogP contribution is -2.17. The Hall–Kier alpha value is -0.830. The lowest BCUT2D eigenvalue weighted by atomic mass is 10.0. The third-order valence-electron chi connectivity index (χ3n) is 1.59. The predicted molar refractivity (Wildman–Crippen MR) is 39.9 cm³/mol. The van der Waals surface area contributed by atoms with Crippen LogP contribution in [0.15, 0.2) is 10.6 Å². The van der Waals surface area contributed by atoms with Crippen molar-refractivity contribution in [2.45, 2.75) is 26.4 Å². The number of aliphatic hydroxyl groups is 1. The monoisotopic (exact) mass is 154 g/mol. The van der Waals surface area contributed by atoms with Crippen LogP contribution in [0.4, 0.5) is 0 Å². The van der Waals surface area contributed by atoms with Gasteiger partial charge in [-0.15, -0.1) is 0 Å². The minimum atomic E-state index is -0.373. The van der Waals surface area contributed by atoms with E-state index in [9.17, 15) is 5.11 Å². The van der Waals surface area contributed by atoms with Gasteiger partial charge in [-0.25, -0.2) is 4.98 Å². The van der Waals surface area contributed by atoms with Gasteiger partial charge in [0.2, 0.25) is 0 Å². The number of nitrogens with zero attached hydrogens (tertiary/aromatic N) is 1. The highest BCUT2D eigenvalue weighted by molar-refractivity contribution is 4.82. The second-order valence-electron chi connectivity index (χ2n) is 2.89. The average Bonchev–Trinajstić information content (AvgIpc) is 2.39. The molecule has 0 bridgehead atoms. The molecule has 1 radical (unpaired) electrons. The lowest BCUT2D eigenvalue weighted by molar-refractivity contribution is 0.118. The van der Waals surface area contributed by atoms with Crippen molar-refractivity contribution < 1.29 is 9.52 Å². The van der Waals surface area contributed by atoms with Gasteiger partial charge in [0.1, 0.15) is 0 Å². The Morgan fingerprint density at radius 3 is 2.91 bits per heavy atom. The van der Waals surface area contributed by atoms with Crippen LogP contribution in [-0.4, -0.2) is 16.2 Å². The number of rotatable bonds is 3. The fourth-order valence-corrected chi connectivity index (χ4v) is 0.728. The lowest BCUT2D eigenvalue weighted by Gasteiger charge is -2.10. The molecule has 0 amide bonds. The fourth-order valence-electron chi connectivity index (χ4n) is 0.728. The van der Waals surface area contributed by atoms with Crippen molar-refractivity contribution in [1.82, 2.24) is 4.98 Å². The third-order valence-corrected chi connectivity index (χ3v) is 1.59. The third kappa shape index (κ3) is 2.35. The molecule has 0 saturated heterocycles. The Bertz CT molecular complexity index is 194. The van der Waals surface area contributed by atoms with E-state index >= 15 is 0 Å². The fraction of sp³-hybridized carbons (Fsp3) is 0.625. The van der Waals surface area contributed by atoms with Gasteiger partial charge in [0.15, 0.2) is 12.2 Å². The molecule has 11 heavy (non-hydrogen) atoms. The van der Waals surface area contributed by atoms with Gasteiger partial charge in [-0.2, -0.15) is 0 Å². The van der Waals surface area contributed by atoms with E-state index < -0.39 is 0 Å². The van der Waals surface area contributed by atoms with Gasteiger partial charge in [0.25, 0.3) is 0 Å². The van der Waals surface area contributed by atoms with Gasteiger partial charge >= 0.3 is 0 Å². The molecule has 1 atom stereocenters. The molecule has 1 heterocycles. The standard InChI is InChI=1S/C8H12NO2/c1-6(2)7(10)5-8-9-3-4-11-8/h3,6-7,10H,5H2,1-2H3. The van der Waals surface area contributed by atoms with E-state index in [0.717, 1.165) is 0 Å². The Balaban J connectivity index is 2.43. The summed E-state index contributed by atoms with van der Waals surface area (Å²) in [5.41, 5.74) is 0. The second kappa shape index (κ2) is 3.53. The number of aliphatic hydroxyl groups excluding tert-OH is 1. The predicted octanol–water partition coefficient (Wildman–Crippen LogP) is 1.03. The van der Waals surface area contributed by atoms with E-state index in [2.05, 4.69) is 11.2 Å². The largest absolute Gasteiger partial charge is 0.437 e. The van der Waals surface area contributed by atoms with Crippen molar-refractivity contribution in [3.8, 4) is 0 Å². The van der Waals surface area contributed by atoms with Crippen LogP contribution in [0.25, 0.3) is 0 Å². The molecule has 0 saturated carbocycles. The SMILES string of the molecule is CC(C)C(O)Cc1nc[c]o1. The van der Waals surface area contributed by atoms with Crippen LogP contribution < -0.4 is 0 Å². The van der Waals surface area contributed by atoms with E-state index in [1.807, 2.05) is 13.8 Å². The zero-order valence-corrected chi connectivity index (χ0v) is 6.74. The molecule has 1 rings (SSSR count). The average molecular weight is 154 g/mol. The first-order valence-corrected chi connectivity index (χ1v) is 3.69. The van der Waals surface area contributed by atoms with E-state index in [1.54, 1.807) is 0 Å². The Labute approximate surface area is 66.1 Å². The van der Waals surface area contributed by atoms with Crippen LogP contribution in [0, 0.1) is 12.2 Å². The Morgan fingerprint density at radius 2 is 2.45 bits per heavy atom. The van der Waals surface area contributed by atoms with Gasteiger partial charge in [-0.05, 0) is 5.92 Å². The van der Waals surface area contributed by atoms with Gasteiger partial charge in [-0.1, -0.05) is 13.8 Å². The van der Waals surface area contributed by atoms with Gasteiger partial charge in [0.05, 0.1) is 18.7 Å². The van der Waals surface area contributed by atoms with Crippen LogP contribution in [0.2, 0.25) is 0 Å². The van der Waals surface area contributed by atoms with Gasteiger partial charge in [-0.3, -0.25) is 0 Å². The summed E-state index contributed by atoms with van der Waals surface area (Å²) in [6.07, 6.45) is 4.04. The molecule has 3 nitrogen and oxygen atoms in total. The first kappa shape index (κ1) is 8.27. The van der Waals surface area contributed by atoms with Crippen molar-refractivity contribution in [3.63, 3.8) is 0 Å². The van der Waals surface area contributed by atoms with Gasteiger partial charge < -0.3 is 9.52 Å². The summed E-state index contributed by atoms with van der Waals surface area (Å²) in [5, 5.41) is 9.38. The first-order chi connectivity index (χ1) is 5.20. The molecule has 1 aromatic rings. The van der Waals surface area contributed by atoms with Gasteiger partial charge in [0, 0.05) is 0 Å². The van der Waals surface area contributed by atoms with Crippen molar-refractivity contribution in [2.24, 2.45) is 5.92 Å². The maximum Gasteiger partial charge on any atom is 0.197 e. The highest BCUT2D eigenvalue weighted by atomic mass is 16.3. The minimum Gasteiger partial charge on any atom is -0.437 e. The van der Waals surface area contributed by atoms with Crippen molar-refractivity contribution >= 4 is 0 Å². The molecule has 61 valence electrons. The maximum atomic E-state index is 9.38. The van der Waals surface area contributed by atoms with E-state index in [-0.39, 0.29) is 12.0 Å². The number of hydrogen-bond acceptors (Lipinski definition) is 3. The van der Waals surface area contributed by atoms with E-state index in [0.29, 0.717) is 12.3 Å². The van der Waals surface area contributed by atoms with E-state index in [4.69, 9.17) is 4.42 Å². The maximum absolute atomic E-state index is 9.38. The summed E-state index contributed by atoms with van der Waals surface area (Å²) in [6, 6.07) is 0. The molecule has 3 heteroatoms. The van der Waals surface area contributed by atoms with Crippen molar-refractivity contribution in [1.29, 1.82) is 0 Å². The zero-order valence-electron chi connectivity index (χ0n) is 6.74. The summed E-state index contributed by atoms with van der Waals surface area (Å²) in [5.74, 6) is 0.785. The number of oxazole rings is 1. The van der Waals surface area contributed by atoms with E-state index in [1.165, 1.54) is 6.20 Å². The molecule has 1 aromatic heterocycles. The molecule has 0 aliphatic carbocycles. The van der Waals surface area contributed by atoms with Crippen LogP contribution in [0.1, 0.15) is 19.7 Å². The quantitative estimate of drug-likeness (QED) is 0.707. The molecule has 0 spiro atoms. The summed E-state index contributed by atoms with van der Waals surface area (Å²) in [6.45, 7) is 3.91. The number of hydrogen-bond donors (Lipinski definition) is 1. The number of aromatic nitrogens is 1. The molecule has 0 fully saturated rings. The molecule has 1 unspecified atom stereocenters. The summed E-state index contributed by atoms with van der Waals surface area (Å²) in [7, 11) is 0. The smallest absolute Gasteiger partial charge is 0.197 e. The Kier molecular flexibility index (Phi) is 2.65. The van der Waals surface area contributed by atoms with Crippen molar-refractivity contribution in [3.05, 3.63) is 18.4 Å². The highest BCUT2D eigenvalue weighted by Crippen LogP contribution is 2.07. The second-order valence-corrected chi connectivity index (χ2v) is 2.89. The molecular weight excluding hydrogens is 142 g/mol. The molecule has 1 N–H and O–H groups in total. The molecule has 0 aliphatic heterocycles. The van der Waals surface area contributed by atoms with Crippen molar-refractivity contribution in [2.75, 3.05) is 0 Å². The van der Waals surface area contributed by atoms with Crippen LogP contribution in [0.5, 0.6) is 0 Å². The highest BCUT2D eigenvalue weighted by Gasteiger charge is 2.12. The summed E-state index contributed by atoms with van der Waals surface area (Å²) in [4.78, 5) is 3.86. The van der Waals surface area contributed by atoms with Crippen LogP contribution in [-0.2, 0) is 6.42 Å². The topological polar surface area (TPSA) is 46.3 Å². The molecule has 0 aromatic carbocycles. The zero-order chi connectivity index (χ0) is 8.27. The Morgan fingerprint density at radius 1 is 1.73 bits per heavy atom. The molecule has 0 aliphatic rings. The normalized spacial score (nSPS) is 13.8. The first-order valence-electron chi connectivity index (χ1n) is 3.69. The van der Waals surface area contributed by atoms with Crippen LogP contribution >= 0.6 is 0 Å². The minimum absolute atomic E-state index is 0.238. The summed E-state index contributed by atoms with van der Waals surface area (Å²) < 4.78 is 4.86. The van der Waals surface area contributed by atoms with Crippen LogP contribution in [0.3, 0.4) is 0 Å². The summed E-state index contributed by atoms with van der Waals surface area (Å²) >= 11 is 0.